The smallest absolute Gasteiger partial charge is 0.168 e. The van der Waals surface area contributed by atoms with E-state index in [1.807, 2.05) is 4.68 Å². The van der Waals surface area contributed by atoms with Gasteiger partial charge < -0.3 is 4.74 Å². The molecule has 0 N–H and O–H groups in total. The number of piperazine rings is 1. The van der Waals surface area contributed by atoms with Gasteiger partial charge in [0.2, 0.25) is 0 Å². The number of methoxy groups -OCH3 is 1. The Morgan fingerprint density at radius 3 is 2.58 bits per heavy atom. The van der Waals surface area contributed by atoms with Crippen LogP contribution in [0.3, 0.4) is 0 Å². The van der Waals surface area contributed by atoms with Crippen molar-refractivity contribution in [3.8, 4) is 0 Å². The molecule has 0 saturated carbocycles. The lowest BCUT2D eigenvalue weighted by molar-refractivity contribution is 0.0807. The lowest BCUT2D eigenvalue weighted by Gasteiger charge is -2.38. The van der Waals surface area contributed by atoms with Gasteiger partial charge in [0, 0.05) is 39.8 Å². The monoisotopic (exact) mass is 358 g/mol. The Bertz CT molecular complexity index is 638. The van der Waals surface area contributed by atoms with Crippen molar-refractivity contribution in [1.29, 1.82) is 0 Å². The lowest BCUT2D eigenvalue weighted by Crippen LogP contribution is -2.47. The molecule has 0 bridgehead atoms. The van der Waals surface area contributed by atoms with Crippen LogP contribution in [-0.2, 0) is 17.8 Å². The molecule has 7 nitrogen and oxygen atoms in total. The fraction of sp³-hybridized carbons (Fsp3) is 0.632. The van der Waals surface area contributed by atoms with Gasteiger partial charge in [0.25, 0.3) is 0 Å². The number of aromatic nitrogens is 4. The third kappa shape index (κ3) is 4.87. The molecule has 26 heavy (non-hydrogen) atoms. The van der Waals surface area contributed by atoms with Gasteiger partial charge >= 0.3 is 0 Å². The zero-order chi connectivity index (χ0) is 18.2. The number of benzene rings is 1. The van der Waals surface area contributed by atoms with Crippen molar-refractivity contribution < 1.29 is 4.74 Å². The van der Waals surface area contributed by atoms with E-state index in [4.69, 9.17) is 4.74 Å². The van der Waals surface area contributed by atoms with Crippen LogP contribution >= 0.6 is 0 Å². The van der Waals surface area contributed by atoms with E-state index in [1.54, 1.807) is 7.11 Å². The minimum atomic E-state index is 0.283. The normalized spacial score (nSPS) is 17.5. The van der Waals surface area contributed by atoms with Crippen molar-refractivity contribution in [3.63, 3.8) is 0 Å². The van der Waals surface area contributed by atoms with Gasteiger partial charge in [0.1, 0.15) is 0 Å². The summed E-state index contributed by atoms with van der Waals surface area (Å²) in [4.78, 5) is 5.07. The second-order valence-electron chi connectivity index (χ2n) is 6.86. The molecular weight excluding hydrogens is 328 g/mol. The molecule has 1 aliphatic rings. The molecule has 1 fully saturated rings. The first-order valence-corrected chi connectivity index (χ1v) is 9.57. The zero-order valence-corrected chi connectivity index (χ0v) is 15.9. The van der Waals surface area contributed by atoms with Gasteiger partial charge in [-0.1, -0.05) is 43.7 Å². The molecule has 1 aromatic heterocycles. The maximum atomic E-state index is 5.19. The summed E-state index contributed by atoms with van der Waals surface area (Å²) in [6, 6.07) is 11.0. The molecule has 0 radical (unpaired) electrons. The van der Waals surface area contributed by atoms with Crippen LogP contribution < -0.4 is 0 Å². The fourth-order valence-electron chi connectivity index (χ4n) is 3.61. The molecular formula is C19H30N6O. The second-order valence-corrected chi connectivity index (χ2v) is 6.86. The molecule has 0 aliphatic carbocycles. The van der Waals surface area contributed by atoms with Gasteiger partial charge in [-0.05, 0) is 22.4 Å². The van der Waals surface area contributed by atoms with Crippen molar-refractivity contribution in [2.24, 2.45) is 0 Å². The first-order chi connectivity index (χ1) is 12.8. The van der Waals surface area contributed by atoms with Crippen molar-refractivity contribution >= 4 is 0 Å². The SMILES string of the molecule is CCC[C@H](c1nnnn1CCOC)N1CCN(Cc2ccccc2)CC1. The molecule has 0 spiro atoms. The van der Waals surface area contributed by atoms with Crippen molar-refractivity contribution in [1.82, 2.24) is 30.0 Å². The summed E-state index contributed by atoms with van der Waals surface area (Å²) in [5.74, 6) is 0.973. The molecule has 2 heterocycles. The van der Waals surface area contributed by atoms with E-state index in [0.717, 1.165) is 51.4 Å². The van der Waals surface area contributed by atoms with Gasteiger partial charge in [0.15, 0.2) is 5.82 Å². The molecule has 0 amide bonds. The third-order valence-electron chi connectivity index (χ3n) is 5.02. The van der Waals surface area contributed by atoms with E-state index in [-0.39, 0.29) is 6.04 Å². The second kappa shape index (κ2) is 9.75. The number of nitrogens with zero attached hydrogens (tertiary/aromatic N) is 6. The highest BCUT2D eigenvalue weighted by atomic mass is 16.5. The number of hydrogen-bond acceptors (Lipinski definition) is 6. The average molecular weight is 358 g/mol. The molecule has 2 aromatic rings. The van der Waals surface area contributed by atoms with Crippen LogP contribution in [-0.4, -0.2) is 69.9 Å². The largest absolute Gasteiger partial charge is 0.383 e. The maximum Gasteiger partial charge on any atom is 0.168 e. The summed E-state index contributed by atoms with van der Waals surface area (Å²) in [7, 11) is 1.71. The summed E-state index contributed by atoms with van der Waals surface area (Å²) < 4.78 is 7.09. The van der Waals surface area contributed by atoms with Crippen LogP contribution in [0.25, 0.3) is 0 Å². The van der Waals surface area contributed by atoms with E-state index in [1.165, 1.54) is 5.56 Å². The summed E-state index contributed by atoms with van der Waals surface area (Å²) in [6.45, 7) is 8.84. The minimum Gasteiger partial charge on any atom is -0.383 e. The highest BCUT2D eigenvalue weighted by Gasteiger charge is 2.28. The van der Waals surface area contributed by atoms with E-state index >= 15 is 0 Å². The van der Waals surface area contributed by atoms with E-state index in [2.05, 4.69) is 62.6 Å². The predicted octanol–water partition coefficient (Wildman–Crippen LogP) is 1.98. The summed E-state index contributed by atoms with van der Waals surface area (Å²) in [6.07, 6.45) is 2.19. The Morgan fingerprint density at radius 2 is 1.88 bits per heavy atom. The lowest BCUT2D eigenvalue weighted by atomic mass is 10.1. The third-order valence-corrected chi connectivity index (χ3v) is 5.02. The summed E-state index contributed by atoms with van der Waals surface area (Å²) in [5, 5.41) is 12.4. The van der Waals surface area contributed by atoms with Crippen LogP contribution in [0.4, 0.5) is 0 Å². The molecule has 1 aromatic carbocycles. The minimum absolute atomic E-state index is 0.283. The highest BCUT2D eigenvalue weighted by molar-refractivity contribution is 5.14. The van der Waals surface area contributed by atoms with E-state index < -0.39 is 0 Å². The summed E-state index contributed by atoms with van der Waals surface area (Å²) in [5.41, 5.74) is 1.38. The average Bonchev–Trinajstić information content (AvgIpc) is 3.14. The number of tetrazole rings is 1. The van der Waals surface area contributed by atoms with E-state index in [0.29, 0.717) is 13.2 Å². The first kappa shape index (κ1) is 18.9. The Balaban J connectivity index is 1.61. The van der Waals surface area contributed by atoms with E-state index in [9.17, 15) is 0 Å². The standard InChI is InChI=1S/C19H30N6O/c1-3-7-18(19-20-21-22-25(19)14-15-26-2)24-12-10-23(11-13-24)16-17-8-5-4-6-9-17/h4-6,8-9,18H,3,7,10-16H2,1-2H3/t18-/m1/s1. The van der Waals surface area contributed by atoms with Crippen LogP contribution in [0, 0.1) is 0 Å². The van der Waals surface area contributed by atoms with Crippen LogP contribution in [0.1, 0.15) is 37.2 Å². The molecule has 7 heteroatoms. The van der Waals surface area contributed by atoms with Crippen molar-refractivity contribution in [2.75, 3.05) is 39.9 Å². The fourth-order valence-corrected chi connectivity index (χ4v) is 3.61. The Kier molecular flexibility index (Phi) is 7.11. The van der Waals surface area contributed by atoms with Gasteiger partial charge in [-0.3, -0.25) is 9.80 Å². The Hall–Kier alpha value is -1.83. The van der Waals surface area contributed by atoms with Crippen molar-refractivity contribution in [2.45, 2.75) is 38.9 Å². The topological polar surface area (TPSA) is 59.3 Å². The predicted molar refractivity (Wildman–Crippen MR) is 101 cm³/mol. The summed E-state index contributed by atoms with van der Waals surface area (Å²) >= 11 is 0. The molecule has 142 valence electrons. The van der Waals surface area contributed by atoms with Gasteiger partial charge in [-0.2, -0.15) is 0 Å². The quantitative estimate of drug-likeness (QED) is 0.683. The van der Waals surface area contributed by atoms with Crippen LogP contribution in [0.5, 0.6) is 0 Å². The molecule has 3 rings (SSSR count). The Labute approximate surface area is 155 Å². The highest BCUT2D eigenvalue weighted by Crippen LogP contribution is 2.25. The maximum absolute atomic E-state index is 5.19. The number of rotatable bonds is 9. The van der Waals surface area contributed by atoms with Gasteiger partial charge in [-0.25, -0.2) is 4.68 Å². The molecule has 1 atom stereocenters. The van der Waals surface area contributed by atoms with Gasteiger partial charge in [-0.15, -0.1) is 5.10 Å². The number of hydrogen-bond donors (Lipinski definition) is 0. The zero-order valence-electron chi connectivity index (χ0n) is 15.9. The first-order valence-electron chi connectivity index (χ1n) is 9.57. The van der Waals surface area contributed by atoms with Crippen molar-refractivity contribution in [3.05, 3.63) is 41.7 Å². The van der Waals surface area contributed by atoms with Crippen LogP contribution in [0.2, 0.25) is 0 Å². The Morgan fingerprint density at radius 1 is 1.12 bits per heavy atom. The number of ether oxygens (including phenoxy) is 1. The van der Waals surface area contributed by atoms with Crippen LogP contribution in [0.15, 0.2) is 30.3 Å². The molecule has 0 unspecified atom stereocenters. The van der Waals surface area contributed by atoms with Gasteiger partial charge in [0.05, 0.1) is 19.2 Å². The molecule has 1 saturated heterocycles. The molecule has 1 aliphatic heterocycles.